The third-order valence-corrected chi connectivity index (χ3v) is 2.66. The van der Waals surface area contributed by atoms with E-state index >= 15 is 0 Å². The summed E-state index contributed by atoms with van der Waals surface area (Å²) in [5.41, 5.74) is 3.61. The molecule has 15 heavy (non-hydrogen) atoms. The van der Waals surface area contributed by atoms with E-state index in [4.69, 9.17) is 0 Å². The smallest absolute Gasteiger partial charge is 0.224 e. The molecule has 0 aliphatic carbocycles. The highest BCUT2D eigenvalue weighted by atomic mass is 16.1. The predicted octanol–water partition coefficient (Wildman–Crippen LogP) is 1.33. The van der Waals surface area contributed by atoms with Crippen LogP contribution >= 0.6 is 0 Å². The zero-order valence-corrected chi connectivity index (χ0v) is 8.97. The highest BCUT2D eigenvalue weighted by molar-refractivity contribution is 5.81. The fraction of sp³-hybridized carbons (Fsp3) is 0.417. The summed E-state index contributed by atoms with van der Waals surface area (Å²) in [6.45, 7) is 3.62. The maximum atomic E-state index is 11.5. The number of nitrogens with one attached hydrogen (secondary N) is 2. The molecule has 3 heteroatoms. The van der Waals surface area contributed by atoms with Gasteiger partial charge in [0.05, 0.1) is 6.42 Å². The van der Waals surface area contributed by atoms with Crippen molar-refractivity contribution < 1.29 is 4.79 Å². The fourth-order valence-electron chi connectivity index (χ4n) is 1.99. The number of fused-ring (bicyclic) bond motifs is 1. The summed E-state index contributed by atoms with van der Waals surface area (Å²) in [4.78, 5) is 11.5. The van der Waals surface area contributed by atoms with Crippen LogP contribution in [0.15, 0.2) is 18.2 Å². The molecule has 0 saturated heterocycles. The van der Waals surface area contributed by atoms with Gasteiger partial charge in [0, 0.05) is 18.8 Å². The zero-order chi connectivity index (χ0) is 10.7. The molecule has 0 fully saturated rings. The highest BCUT2D eigenvalue weighted by Crippen LogP contribution is 2.26. The number of para-hydroxylation sites is 1. The molecule has 2 N–H and O–H groups in total. The molecule has 1 aromatic rings. The van der Waals surface area contributed by atoms with Crippen LogP contribution in [0.3, 0.4) is 0 Å². The second-order valence-electron chi connectivity index (χ2n) is 3.76. The van der Waals surface area contributed by atoms with Crippen molar-refractivity contribution in [2.24, 2.45) is 0 Å². The Hall–Kier alpha value is -1.51. The number of anilines is 1. The Morgan fingerprint density at radius 3 is 3.20 bits per heavy atom. The number of rotatable bonds is 3. The molecule has 3 nitrogen and oxygen atoms in total. The fourth-order valence-corrected chi connectivity index (χ4v) is 1.99. The Bertz CT molecular complexity index is 374. The topological polar surface area (TPSA) is 41.1 Å². The van der Waals surface area contributed by atoms with Crippen molar-refractivity contribution >= 4 is 11.6 Å². The average molecular weight is 204 g/mol. The monoisotopic (exact) mass is 204 g/mol. The predicted molar refractivity (Wildman–Crippen MR) is 61.0 cm³/mol. The van der Waals surface area contributed by atoms with Gasteiger partial charge >= 0.3 is 0 Å². The van der Waals surface area contributed by atoms with E-state index < -0.39 is 0 Å². The number of carbonyl (C=O) groups excluding carboxylic acids is 1. The van der Waals surface area contributed by atoms with Crippen molar-refractivity contribution in [3.8, 4) is 0 Å². The molecule has 2 rings (SSSR count). The van der Waals surface area contributed by atoms with E-state index in [-0.39, 0.29) is 5.91 Å². The first kappa shape index (κ1) is 10.0. The maximum Gasteiger partial charge on any atom is 0.224 e. The molecule has 1 heterocycles. The summed E-state index contributed by atoms with van der Waals surface area (Å²) in [6.07, 6.45) is 1.54. The van der Waals surface area contributed by atoms with Gasteiger partial charge in [0.1, 0.15) is 0 Å². The Morgan fingerprint density at radius 2 is 2.40 bits per heavy atom. The second kappa shape index (κ2) is 4.34. The number of amides is 1. The minimum absolute atomic E-state index is 0.0969. The third-order valence-electron chi connectivity index (χ3n) is 2.66. The number of hydrogen-bond acceptors (Lipinski definition) is 2. The summed E-state index contributed by atoms with van der Waals surface area (Å²) in [5, 5.41) is 6.15. The van der Waals surface area contributed by atoms with Gasteiger partial charge in [-0.1, -0.05) is 18.2 Å². The van der Waals surface area contributed by atoms with Crippen LogP contribution in [0.4, 0.5) is 5.69 Å². The number of benzene rings is 1. The van der Waals surface area contributed by atoms with Gasteiger partial charge in [0.15, 0.2) is 0 Å². The van der Waals surface area contributed by atoms with Crippen LogP contribution in [0.2, 0.25) is 0 Å². The molecular formula is C12H16N2O. The molecular weight excluding hydrogens is 188 g/mol. The summed E-state index contributed by atoms with van der Waals surface area (Å²) < 4.78 is 0. The molecule has 0 radical (unpaired) electrons. The summed E-state index contributed by atoms with van der Waals surface area (Å²) >= 11 is 0. The van der Waals surface area contributed by atoms with Crippen molar-refractivity contribution in [1.29, 1.82) is 0 Å². The molecule has 0 atom stereocenters. The maximum absolute atomic E-state index is 11.5. The third kappa shape index (κ3) is 2.12. The van der Waals surface area contributed by atoms with Gasteiger partial charge < -0.3 is 10.6 Å². The van der Waals surface area contributed by atoms with Gasteiger partial charge in [-0.15, -0.1) is 0 Å². The lowest BCUT2D eigenvalue weighted by atomic mass is 10.0. The van der Waals surface area contributed by atoms with Crippen molar-refractivity contribution in [2.75, 3.05) is 18.4 Å². The lowest BCUT2D eigenvalue weighted by Crippen LogP contribution is -2.24. The first-order chi connectivity index (χ1) is 7.31. The first-order valence-corrected chi connectivity index (χ1v) is 5.42. The van der Waals surface area contributed by atoms with Crippen molar-refractivity contribution in [2.45, 2.75) is 19.8 Å². The van der Waals surface area contributed by atoms with E-state index in [1.165, 1.54) is 11.3 Å². The molecule has 1 aromatic carbocycles. The van der Waals surface area contributed by atoms with E-state index in [1.54, 1.807) is 0 Å². The molecule has 0 bridgehead atoms. The number of hydrogen-bond donors (Lipinski definition) is 2. The van der Waals surface area contributed by atoms with Crippen LogP contribution in [-0.2, 0) is 17.6 Å². The van der Waals surface area contributed by atoms with Crippen LogP contribution in [0.25, 0.3) is 0 Å². The minimum Gasteiger partial charge on any atom is -0.384 e. The van der Waals surface area contributed by atoms with Gasteiger partial charge in [0.2, 0.25) is 5.91 Å². The van der Waals surface area contributed by atoms with Crippen LogP contribution < -0.4 is 10.6 Å². The largest absolute Gasteiger partial charge is 0.384 e. The van der Waals surface area contributed by atoms with Gasteiger partial charge in [-0.2, -0.15) is 0 Å². The van der Waals surface area contributed by atoms with Crippen LogP contribution in [0.1, 0.15) is 18.1 Å². The number of carbonyl (C=O) groups is 1. The summed E-state index contributed by atoms with van der Waals surface area (Å²) in [5.74, 6) is 0.0969. The zero-order valence-electron chi connectivity index (χ0n) is 8.97. The average Bonchev–Trinajstić information content (AvgIpc) is 2.67. The minimum atomic E-state index is 0.0969. The molecule has 1 aliphatic rings. The van der Waals surface area contributed by atoms with Gasteiger partial charge in [-0.25, -0.2) is 0 Å². The van der Waals surface area contributed by atoms with E-state index in [0.717, 1.165) is 18.5 Å². The van der Waals surface area contributed by atoms with E-state index in [0.29, 0.717) is 13.0 Å². The van der Waals surface area contributed by atoms with Crippen molar-refractivity contribution in [3.05, 3.63) is 29.3 Å². The Labute approximate surface area is 89.9 Å². The normalized spacial score (nSPS) is 13.1. The first-order valence-electron chi connectivity index (χ1n) is 5.42. The van der Waals surface area contributed by atoms with E-state index in [1.807, 2.05) is 19.1 Å². The standard InChI is InChI=1S/C12H16N2O/c1-2-13-11(15)8-10-5-3-4-9-6-7-14-12(9)10/h3-5,14H,2,6-8H2,1H3,(H,13,15). The molecule has 1 amide bonds. The van der Waals surface area contributed by atoms with Crippen LogP contribution in [0.5, 0.6) is 0 Å². The Kier molecular flexibility index (Phi) is 2.90. The quantitative estimate of drug-likeness (QED) is 0.780. The Balaban J connectivity index is 2.15. The molecule has 0 unspecified atom stereocenters. The molecule has 80 valence electrons. The van der Waals surface area contributed by atoms with E-state index in [2.05, 4.69) is 16.7 Å². The van der Waals surface area contributed by atoms with Gasteiger partial charge in [0.25, 0.3) is 0 Å². The van der Waals surface area contributed by atoms with Crippen LogP contribution in [0, 0.1) is 0 Å². The number of likely N-dealkylation sites (N-methyl/N-ethyl adjacent to an activating group) is 1. The SMILES string of the molecule is CCNC(=O)Cc1cccc2c1NCC2. The molecule has 0 spiro atoms. The molecule has 0 aromatic heterocycles. The van der Waals surface area contributed by atoms with Crippen LogP contribution in [-0.4, -0.2) is 19.0 Å². The van der Waals surface area contributed by atoms with Crippen molar-refractivity contribution in [3.63, 3.8) is 0 Å². The lowest BCUT2D eigenvalue weighted by molar-refractivity contribution is -0.120. The summed E-state index contributed by atoms with van der Waals surface area (Å²) in [7, 11) is 0. The lowest BCUT2D eigenvalue weighted by Gasteiger charge is -2.08. The Morgan fingerprint density at radius 1 is 1.53 bits per heavy atom. The second-order valence-corrected chi connectivity index (χ2v) is 3.76. The highest BCUT2D eigenvalue weighted by Gasteiger charge is 2.14. The molecule has 1 aliphatic heterocycles. The molecule has 0 saturated carbocycles. The summed E-state index contributed by atoms with van der Waals surface area (Å²) in [6, 6.07) is 6.17. The van der Waals surface area contributed by atoms with Crippen molar-refractivity contribution in [1.82, 2.24) is 5.32 Å². The van der Waals surface area contributed by atoms with E-state index in [9.17, 15) is 4.79 Å². The van der Waals surface area contributed by atoms with Gasteiger partial charge in [-0.05, 0) is 24.5 Å². The van der Waals surface area contributed by atoms with Gasteiger partial charge in [-0.3, -0.25) is 4.79 Å².